The maximum absolute atomic E-state index is 10.4. The minimum atomic E-state index is -2.89. The van der Waals surface area contributed by atoms with Crippen molar-refractivity contribution in [1.29, 1.82) is 0 Å². The second-order valence-corrected chi connectivity index (χ2v) is 7.27. The van der Waals surface area contributed by atoms with Crippen LogP contribution in [0.3, 0.4) is 0 Å². The Morgan fingerprint density at radius 2 is 0.960 bits per heavy atom. The molecule has 2 heterocycles. The van der Waals surface area contributed by atoms with Crippen LogP contribution in [0, 0.1) is 0 Å². The Bertz CT molecular complexity index is 425. The number of hydrogen-bond acceptors (Lipinski definition) is 13. The molecule has 10 atom stereocenters. The maximum Gasteiger partial charge on any atom is 0.250 e. The van der Waals surface area contributed by atoms with Gasteiger partial charge in [-0.1, -0.05) is 0 Å². The largest absolute Gasteiger partial charge is 0.394 e. The fourth-order valence-electron chi connectivity index (χ4n) is 2.63. The molecule has 12 nitrogen and oxygen atoms in total. The first-order valence-electron chi connectivity index (χ1n) is 7.31. The molecular weight excluding hydrogens is 368 g/mol. The highest BCUT2D eigenvalue weighted by Crippen LogP contribution is 2.47. The summed E-state index contributed by atoms with van der Waals surface area (Å²) < 4.78 is 9.83. The van der Waals surface area contributed by atoms with Crippen LogP contribution < -0.4 is 0 Å². The number of aliphatic hydroxyl groups excluding tert-OH is 8. The van der Waals surface area contributed by atoms with Gasteiger partial charge in [-0.05, 0) is 11.8 Å². The second-order valence-electron chi connectivity index (χ2n) is 5.89. The van der Waals surface area contributed by atoms with Crippen molar-refractivity contribution in [3.8, 4) is 0 Å². The molecule has 0 aliphatic carbocycles. The Morgan fingerprint density at radius 1 is 0.640 bits per heavy atom. The van der Waals surface area contributed by atoms with Gasteiger partial charge in [-0.25, -0.2) is 0 Å². The molecule has 2 fully saturated rings. The Labute approximate surface area is 145 Å². The van der Waals surface area contributed by atoms with Crippen molar-refractivity contribution in [2.75, 3.05) is 13.2 Å². The summed E-state index contributed by atoms with van der Waals surface area (Å²) in [6.07, 6.45) is -15.0. The monoisotopic (exact) mass is 390 g/mol. The SMILES string of the molecule is OC[C@H]1OC(O)(SC2(O)O[C@H](CO)[C@@H](O)[C@H](O)[C@H]2O)[C@H](O)[C@@H](O)[C@@H]1O. The van der Waals surface area contributed by atoms with Crippen LogP contribution in [-0.4, -0.2) is 123 Å². The second kappa shape index (κ2) is 7.47. The lowest BCUT2D eigenvalue weighted by Crippen LogP contribution is -2.69. The summed E-state index contributed by atoms with van der Waals surface area (Å²) in [5.74, 6) is 0. The summed E-state index contributed by atoms with van der Waals surface area (Å²) >= 11 is -0.186. The van der Waals surface area contributed by atoms with Gasteiger partial charge in [0.25, 0.3) is 10.2 Å². The van der Waals surface area contributed by atoms with Gasteiger partial charge in [0.05, 0.1) is 13.2 Å². The molecule has 0 bridgehead atoms. The first-order chi connectivity index (χ1) is 11.5. The van der Waals surface area contributed by atoms with Crippen molar-refractivity contribution < 1.29 is 60.5 Å². The molecule has 2 saturated heterocycles. The van der Waals surface area contributed by atoms with E-state index in [4.69, 9.17) is 19.7 Å². The molecule has 2 unspecified atom stereocenters. The topological polar surface area (TPSA) is 221 Å². The third-order valence-electron chi connectivity index (χ3n) is 4.15. The van der Waals surface area contributed by atoms with Crippen molar-refractivity contribution >= 4 is 11.8 Å². The standard InChI is InChI=1S/C12H22O12S/c13-1-3-5(15)7(17)9(19)11(21,23-3)25-12(22)10(20)8(18)6(16)4(2-14)24-12/h3-10,13-22H,1-2H2/t3-,4-,5-,6-,7+,8+,9-,10-,11?,12?/m1/s1. The van der Waals surface area contributed by atoms with E-state index < -0.39 is 72.3 Å². The van der Waals surface area contributed by atoms with Crippen LogP contribution in [0.25, 0.3) is 0 Å². The number of aliphatic hydroxyl groups is 10. The first kappa shape index (κ1) is 21.2. The predicted molar refractivity (Wildman–Crippen MR) is 77.4 cm³/mol. The predicted octanol–water partition coefficient (Wildman–Crippen LogP) is -6.04. The fraction of sp³-hybridized carbons (Fsp3) is 1.00. The highest BCUT2D eigenvalue weighted by Gasteiger charge is 2.62. The number of thioether (sulfide) groups is 1. The van der Waals surface area contributed by atoms with Crippen molar-refractivity contribution in [2.45, 2.75) is 59.1 Å². The summed E-state index contributed by atoms with van der Waals surface area (Å²) in [4.78, 5) is 0. The lowest BCUT2D eigenvalue weighted by Gasteiger charge is -2.50. The number of hydrogen-bond donors (Lipinski definition) is 10. The molecule has 0 radical (unpaired) electrons. The van der Waals surface area contributed by atoms with E-state index in [0.29, 0.717) is 0 Å². The van der Waals surface area contributed by atoms with Crippen LogP contribution in [-0.2, 0) is 9.47 Å². The quantitative estimate of drug-likeness (QED) is 0.202. The Hall–Kier alpha value is -0.130. The summed E-state index contributed by atoms with van der Waals surface area (Å²) in [5, 5.41) is 92.1. The summed E-state index contributed by atoms with van der Waals surface area (Å²) in [5.41, 5.74) is 0. The van der Waals surface area contributed by atoms with E-state index in [0.717, 1.165) is 0 Å². The lowest BCUT2D eigenvalue weighted by atomic mass is 9.99. The van der Waals surface area contributed by atoms with Crippen molar-refractivity contribution in [3.05, 3.63) is 0 Å². The molecule has 2 rings (SSSR count). The van der Waals surface area contributed by atoms with Crippen molar-refractivity contribution in [3.63, 3.8) is 0 Å². The van der Waals surface area contributed by atoms with E-state index in [9.17, 15) is 40.9 Å². The smallest absolute Gasteiger partial charge is 0.250 e. The van der Waals surface area contributed by atoms with E-state index in [1.165, 1.54) is 0 Å². The molecule has 13 heteroatoms. The summed E-state index contributed by atoms with van der Waals surface area (Å²) in [6, 6.07) is 0. The molecule has 0 aromatic carbocycles. The normalized spacial score (nSPS) is 54.5. The molecule has 0 aromatic heterocycles. The van der Waals surface area contributed by atoms with E-state index in [1.54, 1.807) is 0 Å². The van der Waals surface area contributed by atoms with E-state index in [2.05, 4.69) is 0 Å². The third kappa shape index (κ3) is 3.66. The van der Waals surface area contributed by atoms with Crippen LogP contribution in [0.4, 0.5) is 0 Å². The van der Waals surface area contributed by atoms with E-state index >= 15 is 0 Å². The highest BCUT2D eigenvalue weighted by atomic mass is 32.2. The third-order valence-corrected chi connectivity index (χ3v) is 5.41. The fourth-order valence-corrected chi connectivity index (χ4v) is 3.91. The number of ether oxygens (including phenoxy) is 2. The van der Waals surface area contributed by atoms with Crippen molar-refractivity contribution in [1.82, 2.24) is 0 Å². The van der Waals surface area contributed by atoms with Crippen LogP contribution in [0.1, 0.15) is 0 Å². The highest BCUT2D eigenvalue weighted by molar-refractivity contribution is 8.01. The van der Waals surface area contributed by atoms with Gasteiger partial charge in [0.15, 0.2) is 0 Å². The molecule has 10 N–H and O–H groups in total. The van der Waals surface area contributed by atoms with Gasteiger partial charge in [-0.2, -0.15) is 0 Å². The molecule has 2 aliphatic heterocycles. The Balaban J connectivity index is 2.28. The molecule has 0 amide bonds. The molecular formula is C12H22O12S. The van der Waals surface area contributed by atoms with E-state index in [-0.39, 0.29) is 11.8 Å². The van der Waals surface area contributed by atoms with Crippen molar-refractivity contribution in [2.24, 2.45) is 0 Å². The molecule has 2 aliphatic rings. The zero-order valence-corrected chi connectivity index (χ0v) is 13.5. The first-order valence-corrected chi connectivity index (χ1v) is 8.13. The van der Waals surface area contributed by atoms with Gasteiger partial charge in [-0.15, -0.1) is 0 Å². The number of rotatable bonds is 4. The van der Waals surface area contributed by atoms with E-state index in [1.807, 2.05) is 0 Å². The maximum atomic E-state index is 10.4. The molecule has 148 valence electrons. The zero-order chi connectivity index (χ0) is 19.2. The Morgan fingerprint density at radius 3 is 1.24 bits per heavy atom. The average Bonchev–Trinajstić information content (AvgIpc) is 2.58. The van der Waals surface area contributed by atoms with Gasteiger partial charge >= 0.3 is 0 Å². The lowest BCUT2D eigenvalue weighted by molar-refractivity contribution is -0.324. The molecule has 0 saturated carbocycles. The van der Waals surface area contributed by atoms with Gasteiger partial charge in [0.1, 0.15) is 48.8 Å². The van der Waals surface area contributed by atoms with Gasteiger partial charge in [-0.3, -0.25) is 0 Å². The van der Waals surface area contributed by atoms with Crippen LogP contribution in [0.15, 0.2) is 0 Å². The van der Waals surface area contributed by atoms with Crippen LogP contribution in [0.2, 0.25) is 0 Å². The van der Waals surface area contributed by atoms with Gasteiger partial charge < -0.3 is 60.5 Å². The minimum Gasteiger partial charge on any atom is -0.394 e. The van der Waals surface area contributed by atoms with Gasteiger partial charge in [0.2, 0.25) is 0 Å². The van der Waals surface area contributed by atoms with Gasteiger partial charge in [0, 0.05) is 0 Å². The molecule has 0 spiro atoms. The summed E-state index contributed by atoms with van der Waals surface area (Å²) in [7, 11) is 0. The molecule has 25 heavy (non-hydrogen) atoms. The molecule has 0 aromatic rings. The average molecular weight is 390 g/mol. The summed E-state index contributed by atoms with van der Waals surface area (Å²) in [6.45, 7) is -1.73. The zero-order valence-electron chi connectivity index (χ0n) is 12.7. The Kier molecular flexibility index (Phi) is 6.33. The van der Waals surface area contributed by atoms with Crippen LogP contribution >= 0.6 is 11.8 Å². The minimum absolute atomic E-state index is 0.186. The van der Waals surface area contributed by atoms with Crippen LogP contribution in [0.5, 0.6) is 0 Å².